The van der Waals surface area contributed by atoms with Crippen LogP contribution >= 0.6 is 0 Å². The van der Waals surface area contributed by atoms with E-state index in [1.165, 1.54) is 4.90 Å². The second kappa shape index (κ2) is 11.8. The number of nitrogens with zero attached hydrogens (tertiary/aromatic N) is 2. The summed E-state index contributed by atoms with van der Waals surface area (Å²) >= 11 is 0. The molecule has 0 bridgehead atoms. The van der Waals surface area contributed by atoms with Crippen molar-refractivity contribution >= 4 is 34.8 Å². The zero-order valence-electron chi connectivity index (χ0n) is 22.4. The number of para-hydroxylation sites is 1. The Morgan fingerprint density at radius 2 is 1.52 bits per heavy atom. The summed E-state index contributed by atoms with van der Waals surface area (Å²) in [6, 6.07) is 31.1. The van der Waals surface area contributed by atoms with Crippen LogP contribution < -0.4 is 15.5 Å². The van der Waals surface area contributed by atoms with Gasteiger partial charge in [0.05, 0.1) is 17.9 Å². The maximum absolute atomic E-state index is 14.0. The minimum atomic E-state index is -1.26. The zero-order valence-corrected chi connectivity index (χ0v) is 22.4. The smallest absolute Gasteiger partial charge is 0.308 e. The van der Waals surface area contributed by atoms with E-state index >= 15 is 0 Å². The molecule has 1 heterocycles. The molecule has 2 N–H and O–H groups in total. The number of aryl methyl sites for hydroxylation is 2. The third kappa shape index (κ3) is 5.68. The SMILES string of the molecule is CCc1ccc(NC(=O)N[C@H]2N=C(c3ccccc3)c3ccccc3N(CC(=O)c3ccccc3C)C2=O)cc1. The molecule has 7 nitrogen and oxygen atoms in total. The zero-order chi connectivity index (χ0) is 28.1. The fraction of sp³-hybridized carbons (Fsp3) is 0.152. The van der Waals surface area contributed by atoms with Gasteiger partial charge in [-0.05, 0) is 42.7 Å². The number of rotatable bonds is 7. The average molecular weight is 531 g/mol. The molecule has 0 saturated heterocycles. The number of hydrogen-bond acceptors (Lipinski definition) is 4. The molecule has 0 aliphatic carbocycles. The Morgan fingerprint density at radius 3 is 2.25 bits per heavy atom. The largest absolute Gasteiger partial charge is 0.321 e. The first-order chi connectivity index (χ1) is 19.4. The first-order valence-electron chi connectivity index (χ1n) is 13.2. The number of ketones is 1. The molecule has 200 valence electrons. The summed E-state index contributed by atoms with van der Waals surface area (Å²) < 4.78 is 0. The van der Waals surface area contributed by atoms with Gasteiger partial charge < -0.3 is 15.5 Å². The van der Waals surface area contributed by atoms with Crippen LogP contribution in [0.1, 0.15) is 39.5 Å². The number of carbonyl (C=O) groups excluding carboxylic acids is 3. The molecular weight excluding hydrogens is 500 g/mol. The minimum Gasteiger partial charge on any atom is -0.308 e. The normalized spacial score (nSPS) is 14.6. The summed E-state index contributed by atoms with van der Waals surface area (Å²) in [5.41, 5.74) is 5.69. The number of amides is 3. The number of aliphatic imine (C=N–C) groups is 1. The van der Waals surface area contributed by atoms with Crippen LogP contribution in [-0.2, 0) is 11.2 Å². The predicted molar refractivity (Wildman–Crippen MR) is 158 cm³/mol. The van der Waals surface area contributed by atoms with E-state index in [2.05, 4.69) is 17.6 Å². The molecule has 0 aromatic heterocycles. The maximum Gasteiger partial charge on any atom is 0.321 e. The summed E-state index contributed by atoms with van der Waals surface area (Å²) in [6.45, 7) is 3.73. The van der Waals surface area contributed by atoms with E-state index in [4.69, 9.17) is 4.99 Å². The van der Waals surface area contributed by atoms with Gasteiger partial charge >= 0.3 is 6.03 Å². The highest BCUT2D eigenvalue weighted by atomic mass is 16.2. The number of carbonyl (C=O) groups is 3. The summed E-state index contributed by atoms with van der Waals surface area (Å²) in [5.74, 6) is -0.708. The van der Waals surface area contributed by atoms with E-state index in [1.807, 2.05) is 91.9 Å². The van der Waals surface area contributed by atoms with Crippen LogP contribution in [0.4, 0.5) is 16.2 Å². The van der Waals surface area contributed by atoms with Crippen molar-refractivity contribution in [3.8, 4) is 0 Å². The Kier molecular flexibility index (Phi) is 7.82. The van der Waals surface area contributed by atoms with Gasteiger partial charge in [-0.15, -0.1) is 0 Å². The number of nitrogens with one attached hydrogen (secondary N) is 2. The summed E-state index contributed by atoms with van der Waals surface area (Å²) in [4.78, 5) is 46.7. The van der Waals surface area contributed by atoms with Crippen LogP contribution in [0.5, 0.6) is 0 Å². The van der Waals surface area contributed by atoms with Crippen molar-refractivity contribution in [3.05, 3.63) is 131 Å². The van der Waals surface area contributed by atoms with Crippen LogP contribution in [0.15, 0.2) is 108 Å². The Hall–Kier alpha value is -5.04. The number of anilines is 2. The third-order valence-corrected chi connectivity index (χ3v) is 6.89. The molecule has 1 atom stereocenters. The molecule has 0 unspecified atom stereocenters. The van der Waals surface area contributed by atoms with Gasteiger partial charge in [-0.25, -0.2) is 9.79 Å². The van der Waals surface area contributed by atoms with Crippen molar-refractivity contribution in [2.45, 2.75) is 26.4 Å². The lowest BCUT2D eigenvalue weighted by Crippen LogP contribution is -2.50. The molecule has 4 aromatic carbocycles. The van der Waals surface area contributed by atoms with E-state index in [1.54, 1.807) is 18.2 Å². The number of urea groups is 1. The molecule has 4 aromatic rings. The van der Waals surface area contributed by atoms with Gasteiger partial charge in [0.2, 0.25) is 6.17 Å². The Labute approximate surface area is 233 Å². The molecule has 1 aliphatic rings. The first kappa shape index (κ1) is 26.6. The number of benzodiazepines with no additional fused rings is 1. The monoisotopic (exact) mass is 530 g/mol. The molecule has 0 radical (unpaired) electrons. The lowest BCUT2D eigenvalue weighted by atomic mass is 9.99. The highest BCUT2D eigenvalue weighted by molar-refractivity contribution is 6.21. The Morgan fingerprint density at radius 1 is 0.850 bits per heavy atom. The van der Waals surface area contributed by atoms with Crippen molar-refractivity contribution in [3.63, 3.8) is 0 Å². The fourth-order valence-corrected chi connectivity index (χ4v) is 4.74. The number of hydrogen-bond donors (Lipinski definition) is 2. The Balaban J connectivity index is 1.52. The standard InChI is InChI=1S/C33H30N4O3/c1-3-23-17-19-25(20-18-23)34-33(40)36-31-32(39)37(21-29(38)26-14-8-7-11-22(26)2)28-16-10-9-15-27(28)30(35-31)24-12-5-4-6-13-24/h4-20,31H,3,21H2,1-2H3,(H2,34,36,40)/t31-/m1/s1. The highest BCUT2D eigenvalue weighted by Crippen LogP contribution is 2.29. The fourth-order valence-electron chi connectivity index (χ4n) is 4.74. The van der Waals surface area contributed by atoms with E-state index in [-0.39, 0.29) is 12.3 Å². The molecule has 5 rings (SSSR count). The van der Waals surface area contributed by atoms with E-state index in [0.717, 1.165) is 23.1 Å². The lowest BCUT2D eigenvalue weighted by molar-refractivity contribution is -0.120. The van der Waals surface area contributed by atoms with Gasteiger partial charge in [0.15, 0.2) is 5.78 Å². The quantitative estimate of drug-likeness (QED) is 0.297. The van der Waals surface area contributed by atoms with Gasteiger partial charge in [0.25, 0.3) is 5.91 Å². The summed E-state index contributed by atoms with van der Waals surface area (Å²) in [7, 11) is 0. The average Bonchev–Trinajstić information content (AvgIpc) is 3.09. The second-order valence-corrected chi connectivity index (χ2v) is 9.57. The van der Waals surface area contributed by atoms with Crippen LogP contribution in [0.2, 0.25) is 0 Å². The lowest BCUT2D eigenvalue weighted by Gasteiger charge is -2.25. The second-order valence-electron chi connectivity index (χ2n) is 9.57. The van der Waals surface area contributed by atoms with Crippen LogP contribution in [0.25, 0.3) is 0 Å². The van der Waals surface area contributed by atoms with Crippen molar-refractivity contribution in [1.29, 1.82) is 0 Å². The van der Waals surface area contributed by atoms with Crippen LogP contribution in [-0.4, -0.2) is 36.1 Å². The van der Waals surface area contributed by atoms with Gasteiger partial charge in [0.1, 0.15) is 0 Å². The van der Waals surface area contributed by atoms with Gasteiger partial charge in [-0.1, -0.05) is 91.9 Å². The number of benzene rings is 4. The van der Waals surface area contributed by atoms with Crippen LogP contribution in [0, 0.1) is 6.92 Å². The highest BCUT2D eigenvalue weighted by Gasteiger charge is 2.34. The molecular formula is C33H30N4O3. The minimum absolute atomic E-state index is 0.198. The Bertz CT molecular complexity index is 1580. The number of fused-ring (bicyclic) bond motifs is 1. The molecule has 40 heavy (non-hydrogen) atoms. The predicted octanol–water partition coefficient (Wildman–Crippen LogP) is 5.77. The molecule has 7 heteroatoms. The maximum atomic E-state index is 14.0. The van der Waals surface area contributed by atoms with E-state index < -0.39 is 18.1 Å². The van der Waals surface area contributed by atoms with Crippen molar-refractivity contribution in [1.82, 2.24) is 5.32 Å². The summed E-state index contributed by atoms with van der Waals surface area (Å²) in [6.07, 6.45) is -0.375. The van der Waals surface area contributed by atoms with E-state index in [9.17, 15) is 14.4 Å². The van der Waals surface area contributed by atoms with Gasteiger partial charge in [0, 0.05) is 22.4 Å². The van der Waals surface area contributed by atoms with Crippen molar-refractivity contribution < 1.29 is 14.4 Å². The topological polar surface area (TPSA) is 90.9 Å². The van der Waals surface area contributed by atoms with E-state index in [0.29, 0.717) is 28.2 Å². The third-order valence-electron chi connectivity index (χ3n) is 6.89. The summed E-state index contributed by atoms with van der Waals surface area (Å²) in [5, 5.41) is 5.52. The molecule has 0 spiro atoms. The van der Waals surface area contributed by atoms with Crippen molar-refractivity contribution in [2.75, 3.05) is 16.8 Å². The van der Waals surface area contributed by atoms with Crippen LogP contribution in [0.3, 0.4) is 0 Å². The van der Waals surface area contributed by atoms with Gasteiger partial charge in [-0.2, -0.15) is 0 Å². The molecule has 1 aliphatic heterocycles. The van der Waals surface area contributed by atoms with Crippen molar-refractivity contribution in [2.24, 2.45) is 4.99 Å². The van der Waals surface area contributed by atoms with Gasteiger partial charge in [-0.3, -0.25) is 9.59 Å². The molecule has 0 saturated carbocycles. The number of Topliss-reactive ketones (excluding diaryl/α,β-unsaturated/α-hetero) is 1. The molecule has 0 fully saturated rings. The first-order valence-corrected chi connectivity index (χ1v) is 13.2. The molecule has 3 amide bonds.